The molecule has 8 nitrogen and oxygen atoms in total. The number of anilines is 2. The summed E-state index contributed by atoms with van der Waals surface area (Å²) in [4.78, 5) is 28.2. The number of likely N-dealkylation sites (N-methyl/N-ethyl adjacent to an activating group) is 1. The zero-order chi connectivity index (χ0) is 24.7. The highest BCUT2D eigenvalue weighted by molar-refractivity contribution is 7.92. The maximum atomic E-state index is 12.5. The fourth-order valence-corrected chi connectivity index (χ4v) is 4.13. The van der Waals surface area contributed by atoms with Gasteiger partial charge in [-0.1, -0.05) is 30.3 Å². The molecule has 0 aliphatic rings. The van der Waals surface area contributed by atoms with E-state index in [0.29, 0.717) is 12.2 Å². The van der Waals surface area contributed by atoms with Gasteiger partial charge in [-0.2, -0.15) is 0 Å². The second-order valence-corrected chi connectivity index (χ2v) is 9.57. The predicted octanol–water partition coefficient (Wildman–Crippen LogP) is 3.37. The molecular weight excluding hydrogens is 454 g/mol. The van der Waals surface area contributed by atoms with Crippen LogP contribution in [-0.2, 0) is 26.1 Å². The number of ether oxygens (including phenoxy) is 1. The lowest BCUT2D eigenvalue weighted by atomic mass is 10.2. The van der Waals surface area contributed by atoms with E-state index in [1.807, 2.05) is 43.3 Å². The monoisotopic (exact) mass is 481 g/mol. The minimum absolute atomic E-state index is 0.00370. The van der Waals surface area contributed by atoms with Crippen molar-refractivity contribution in [3.8, 4) is 0 Å². The van der Waals surface area contributed by atoms with Crippen molar-refractivity contribution in [3.05, 3.63) is 90.0 Å². The van der Waals surface area contributed by atoms with Crippen molar-refractivity contribution in [3.63, 3.8) is 0 Å². The number of rotatable bonds is 9. The summed E-state index contributed by atoms with van der Waals surface area (Å²) in [5.41, 5.74) is 2.59. The van der Waals surface area contributed by atoms with E-state index in [-0.39, 0.29) is 16.4 Å². The Morgan fingerprint density at radius 2 is 1.47 bits per heavy atom. The first-order chi connectivity index (χ1) is 16.2. The Bertz CT molecular complexity index is 1230. The van der Waals surface area contributed by atoms with Gasteiger partial charge in [0.1, 0.15) is 0 Å². The van der Waals surface area contributed by atoms with Crippen LogP contribution in [0.3, 0.4) is 0 Å². The molecule has 0 radical (unpaired) electrons. The number of para-hydroxylation sites is 1. The summed E-state index contributed by atoms with van der Waals surface area (Å²) in [5.74, 6) is -1.06. The van der Waals surface area contributed by atoms with E-state index < -0.39 is 22.6 Å². The molecule has 0 unspecified atom stereocenters. The fourth-order valence-electron chi connectivity index (χ4n) is 3.07. The third-order valence-corrected chi connectivity index (χ3v) is 6.45. The quantitative estimate of drug-likeness (QED) is 0.471. The highest BCUT2D eigenvalue weighted by atomic mass is 32.2. The summed E-state index contributed by atoms with van der Waals surface area (Å²) < 4.78 is 32.6. The van der Waals surface area contributed by atoms with Gasteiger partial charge >= 0.3 is 5.97 Å². The second-order valence-electron chi connectivity index (χ2n) is 7.88. The van der Waals surface area contributed by atoms with Crippen LogP contribution in [0.15, 0.2) is 83.8 Å². The van der Waals surface area contributed by atoms with Gasteiger partial charge in [0.2, 0.25) is 0 Å². The third-order valence-electron chi connectivity index (χ3n) is 5.05. The van der Waals surface area contributed by atoms with Gasteiger partial charge in [0.05, 0.1) is 10.5 Å². The molecule has 3 rings (SSSR count). The molecule has 3 aromatic rings. The van der Waals surface area contributed by atoms with Crippen LogP contribution in [0.4, 0.5) is 11.4 Å². The highest BCUT2D eigenvalue weighted by Gasteiger charge is 2.17. The van der Waals surface area contributed by atoms with E-state index in [1.54, 1.807) is 37.4 Å². The van der Waals surface area contributed by atoms with Crippen molar-refractivity contribution < 1.29 is 22.7 Å². The highest BCUT2D eigenvalue weighted by Crippen LogP contribution is 2.17. The lowest BCUT2D eigenvalue weighted by Crippen LogP contribution is -2.30. The van der Waals surface area contributed by atoms with Crippen LogP contribution < -0.4 is 9.62 Å². The molecule has 3 aromatic carbocycles. The Morgan fingerprint density at radius 1 is 0.853 bits per heavy atom. The minimum atomic E-state index is -3.80. The number of amides is 1. The van der Waals surface area contributed by atoms with Gasteiger partial charge in [0, 0.05) is 39.1 Å². The number of nitrogens with one attached hydrogen (secondary N) is 1. The zero-order valence-corrected chi connectivity index (χ0v) is 20.1. The predicted molar refractivity (Wildman–Crippen MR) is 131 cm³/mol. The SMILES string of the molecule is CN(Cc1ccc(N(C)C)cc1)C(=O)COC(=O)c1ccc(S(=O)(=O)Nc2ccccc2)cc1. The number of benzene rings is 3. The van der Waals surface area contributed by atoms with Crippen molar-refractivity contribution in [1.29, 1.82) is 0 Å². The molecule has 0 aromatic heterocycles. The zero-order valence-electron chi connectivity index (χ0n) is 19.3. The number of esters is 1. The Labute approximate surface area is 199 Å². The Hall–Kier alpha value is -3.85. The van der Waals surface area contributed by atoms with Crippen LogP contribution in [0, 0.1) is 0 Å². The van der Waals surface area contributed by atoms with Crippen molar-refractivity contribution >= 4 is 33.3 Å². The topological polar surface area (TPSA) is 96.0 Å². The van der Waals surface area contributed by atoms with Crippen LogP contribution in [0.1, 0.15) is 15.9 Å². The molecule has 9 heteroatoms. The normalized spacial score (nSPS) is 10.9. The maximum Gasteiger partial charge on any atom is 0.338 e. The molecule has 0 heterocycles. The number of sulfonamides is 1. The summed E-state index contributed by atoms with van der Waals surface area (Å²) in [6, 6.07) is 21.6. The molecule has 0 saturated heterocycles. The maximum absolute atomic E-state index is 12.5. The Morgan fingerprint density at radius 3 is 2.06 bits per heavy atom. The molecule has 0 atom stereocenters. The first kappa shape index (κ1) is 24.8. The first-order valence-electron chi connectivity index (χ1n) is 10.5. The number of hydrogen-bond donors (Lipinski definition) is 1. The third kappa shape index (κ3) is 6.58. The number of hydrogen-bond acceptors (Lipinski definition) is 6. The average molecular weight is 482 g/mol. The van der Waals surface area contributed by atoms with Gasteiger partial charge in [0.15, 0.2) is 6.61 Å². The molecule has 0 fully saturated rings. The van der Waals surface area contributed by atoms with E-state index >= 15 is 0 Å². The molecule has 178 valence electrons. The van der Waals surface area contributed by atoms with Gasteiger partial charge in [-0.15, -0.1) is 0 Å². The smallest absolute Gasteiger partial charge is 0.338 e. The first-order valence-corrected chi connectivity index (χ1v) is 12.0. The van der Waals surface area contributed by atoms with Crippen molar-refractivity contribution in [2.75, 3.05) is 37.4 Å². The second kappa shape index (κ2) is 10.8. The molecule has 34 heavy (non-hydrogen) atoms. The number of carbonyl (C=O) groups excluding carboxylic acids is 2. The van der Waals surface area contributed by atoms with Gasteiger partial charge < -0.3 is 14.5 Å². The van der Waals surface area contributed by atoms with Gasteiger partial charge in [-0.3, -0.25) is 9.52 Å². The van der Waals surface area contributed by atoms with E-state index in [4.69, 9.17) is 4.74 Å². The largest absolute Gasteiger partial charge is 0.452 e. The van der Waals surface area contributed by atoms with Crippen LogP contribution in [0.2, 0.25) is 0 Å². The molecule has 1 N–H and O–H groups in total. The summed E-state index contributed by atoms with van der Waals surface area (Å²) in [5, 5.41) is 0. The van der Waals surface area contributed by atoms with Gasteiger partial charge in [-0.25, -0.2) is 13.2 Å². The lowest BCUT2D eigenvalue weighted by molar-refractivity contribution is -0.133. The van der Waals surface area contributed by atoms with Crippen molar-refractivity contribution in [2.45, 2.75) is 11.4 Å². The summed E-state index contributed by atoms with van der Waals surface area (Å²) in [6.45, 7) is -0.0359. The van der Waals surface area contributed by atoms with Crippen molar-refractivity contribution in [2.24, 2.45) is 0 Å². The molecule has 0 spiro atoms. The summed E-state index contributed by atoms with van der Waals surface area (Å²) in [7, 11) is 1.74. The number of carbonyl (C=O) groups is 2. The lowest BCUT2D eigenvalue weighted by Gasteiger charge is -2.18. The average Bonchev–Trinajstić information content (AvgIpc) is 2.83. The van der Waals surface area contributed by atoms with E-state index in [9.17, 15) is 18.0 Å². The molecule has 0 bridgehead atoms. The van der Waals surface area contributed by atoms with E-state index in [0.717, 1.165) is 11.3 Å². The van der Waals surface area contributed by atoms with Crippen molar-refractivity contribution in [1.82, 2.24) is 4.90 Å². The van der Waals surface area contributed by atoms with Crippen LogP contribution in [0.25, 0.3) is 0 Å². The van der Waals surface area contributed by atoms with Gasteiger partial charge in [-0.05, 0) is 54.1 Å². The molecular formula is C25H27N3O5S. The van der Waals surface area contributed by atoms with Crippen LogP contribution >= 0.6 is 0 Å². The van der Waals surface area contributed by atoms with E-state index in [2.05, 4.69) is 4.72 Å². The molecule has 0 aliphatic carbocycles. The standard InChI is InChI=1S/C25H27N3O5S/c1-27(2)22-13-9-19(10-14-22)17-28(3)24(29)18-33-25(30)20-11-15-23(16-12-20)34(31,32)26-21-7-5-4-6-8-21/h4-16,26H,17-18H2,1-3H3. The molecule has 1 amide bonds. The molecule has 0 aliphatic heterocycles. The van der Waals surface area contributed by atoms with Gasteiger partial charge in [0.25, 0.3) is 15.9 Å². The van der Waals surface area contributed by atoms with Crippen LogP contribution in [0.5, 0.6) is 0 Å². The Kier molecular flexibility index (Phi) is 7.91. The Balaban J connectivity index is 1.53. The summed E-state index contributed by atoms with van der Waals surface area (Å²) >= 11 is 0. The number of nitrogens with zero attached hydrogens (tertiary/aromatic N) is 2. The fraction of sp³-hybridized carbons (Fsp3) is 0.200. The summed E-state index contributed by atoms with van der Waals surface area (Å²) in [6.07, 6.45) is 0. The minimum Gasteiger partial charge on any atom is -0.452 e. The van der Waals surface area contributed by atoms with Crippen LogP contribution in [-0.4, -0.2) is 52.9 Å². The van der Waals surface area contributed by atoms with E-state index in [1.165, 1.54) is 29.2 Å². The molecule has 0 saturated carbocycles.